The minimum Gasteiger partial charge on any atom is -0.367 e. The van der Waals surface area contributed by atoms with Gasteiger partial charge in [0.05, 0.1) is 0 Å². The molecule has 1 heterocycles. The van der Waals surface area contributed by atoms with Crippen molar-refractivity contribution in [2.24, 2.45) is 5.92 Å². The van der Waals surface area contributed by atoms with Crippen LogP contribution < -0.4 is 21.3 Å². The zero-order chi connectivity index (χ0) is 21.6. The molecule has 1 spiro atoms. The molecule has 0 bridgehead atoms. The van der Waals surface area contributed by atoms with Crippen LogP contribution >= 0.6 is 0 Å². The van der Waals surface area contributed by atoms with Crippen molar-refractivity contribution in [3.63, 3.8) is 0 Å². The molecule has 1 aliphatic heterocycles. The molecule has 1 atom stereocenters. The molecule has 162 valence electrons. The van der Waals surface area contributed by atoms with Crippen LogP contribution in [-0.4, -0.2) is 29.4 Å². The van der Waals surface area contributed by atoms with Gasteiger partial charge in [0.1, 0.15) is 17.4 Å². The van der Waals surface area contributed by atoms with Crippen molar-refractivity contribution in [1.82, 2.24) is 21.3 Å². The number of benzene rings is 1. The van der Waals surface area contributed by atoms with Crippen LogP contribution in [0, 0.1) is 5.92 Å². The zero-order valence-electron chi connectivity index (χ0n) is 17.8. The summed E-state index contributed by atoms with van der Waals surface area (Å²) in [7, 11) is 0. The molecular weight excluding hydrogens is 380 g/mol. The molecule has 0 saturated heterocycles. The van der Waals surface area contributed by atoms with E-state index in [1.807, 2.05) is 44.2 Å². The summed E-state index contributed by atoms with van der Waals surface area (Å²) in [4.78, 5) is 37.8. The van der Waals surface area contributed by atoms with E-state index in [-0.39, 0.29) is 35.0 Å². The number of aryl methyl sites for hydroxylation is 1. The first-order valence-corrected chi connectivity index (χ1v) is 10.8. The molecule has 7 nitrogen and oxygen atoms in total. The number of hydrogen-bond acceptors (Lipinski definition) is 4. The first-order chi connectivity index (χ1) is 14.4. The summed E-state index contributed by atoms with van der Waals surface area (Å²) < 4.78 is 0. The van der Waals surface area contributed by atoms with Gasteiger partial charge >= 0.3 is 0 Å². The van der Waals surface area contributed by atoms with Crippen LogP contribution in [0.1, 0.15) is 57.9 Å². The van der Waals surface area contributed by atoms with Crippen molar-refractivity contribution in [2.45, 2.75) is 70.5 Å². The number of hydrogen-bond donors (Lipinski definition) is 4. The van der Waals surface area contributed by atoms with Crippen molar-refractivity contribution in [3.05, 3.63) is 47.8 Å². The maximum atomic E-state index is 12.8. The van der Waals surface area contributed by atoms with Crippen LogP contribution in [0.2, 0.25) is 0 Å². The highest BCUT2D eigenvalue weighted by Crippen LogP contribution is 2.29. The van der Waals surface area contributed by atoms with Crippen molar-refractivity contribution >= 4 is 17.7 Å². The highest BCUT2D eigenvalue weighted by Gasteiger charge is 2.38. The van der Waals surface area contributed by atoms with Gasteiger partial charge in [-0.25, -0.2) is 0 Å². The Morgan fingerprint density at radius 3 is 2.47 bits per heavy atom. The topological polar surface area (TPSA) is 99.3 Å². The van der Waals surface area contributed by atoms with Crippen molar-refractivity contribution < 1.29 is 14.4 Å². The largest absolute Gasteiger partial charge is 0.367 e. The van der Waals surface area contributed by atoms with Crippen molar-refractivity contribution in [1.29, 1.82) is 0 Å². The Balaban J connectivity index is 1.57. The Morgan fingerprint density at radius 1 is 1.13 bits per heavy atom. The van der Waals surface area contributed by atoms with Gasteiger partial charge in [0.15, 0.2) is 0 Å². The highest BCUT2D eigenvalue weighted by atomic mass is 16.2. The van der Waals surface area contributed by atoms with E-state index in [4.69, 9.17) is 0 Å². The SMILES string of the molecule is CC(C)C[C@H](NC(=O)CCc1ccccc1)C(=O)NC1=CNC2(CCCC2)NC1=O. The minimum atomic E-state index is -0.690. The Morgan fingerprint density at radius 2 is 1.83 bits per heavy atom. The molecule has 0 unspecified atom stereocenters. The molecule has 0 aromatic heterocycles. The van der Waals surface area contributed by atoms with Gasteiger partial charge in [0, 0.05) is 12.6 Å². The Bertz CT molecular complexity index is 798. The molecule has 3 amide bonds. The first kappa shape index (κ1) is 21.9. The summed E-state index contributed by atoms with van der Waals surface area (Å²) >= 11 is 0. The summed E-state index contributed by atoms with van der Waals surface area (Å²) in [6, 6.07) is 9.08. The number of rotatable bonds is 8. The highest BCUT2D eigenvalue weighted by molar-refractivity contribution is 6.00. The minimum absolute atomic E-state index is 0.176. The molecule has 4 N–H and O–H groups in total. The zero-order valence-corrected chi connectivity index (χ0v) is 17.8. The van der Waals surface area contributed by atoms with E-state index in [1.54, 1.807) is 6.20 Å². The molecule has 1 aromatic carbocycles. The molecule has 1 aromatic rings. The molecule has 0 radical (unpaired) electrons. The molecule has 1 aliphatic carbocycles. The quantitative estimate of drug-likeness (QED) is 0.525. The Labute approximate surface area is 178 Å². The van der Waals surface area contributed by atoms with E-state index in [1.165, 1.54) is 0 Å². The fraction of sp³-hybridized carbons (Fsp3) is 0.522. The third-order valence-corrected chi connectivity index (χ3v) is 5.65. The average molecular weight is 413 g/mol. The first-order valence-electron chi connectivity index (χ1n) is 10.8. The normalized spacial score (nSPS) is 18.4. The van der Waals surface area contributed by atoms with Gasteiger partial charge in [-0.15, -0.1) is 0 Å². The van der Waals surface area contributed by atoms with Gasteiger partial charge in [-0.2, -0.15) is 0 Å². The smallest absolute Gasteiger partial charge is 0.271 e. The summed E-state index contributed by atoms with van der Waals surface area (Å²) in [6.07, 6.45) is 6.89. The van der Waals surface area contributed by atoms with Crippen molar-refractivity contribution in [2.75, 3.05) is 0 Å². The average Bonchev–Trinajstić information content (AvgIpc) is 3.16. The lowest BCUT2D eigenvalue weighted by Gasteiger charge is -2.35. The van der Waals surface area contributed by atoms with E-state index in [2.05, 4.69) is 21.3 Å². The van der Waals surface area contributed by atoms with Crippen LogP contribution in [0.25, 0.3) is 0 Å². The standard InChI is InChI=1S/C23H32N4O3/c1-16(2)14-18(25-20(28)11-10-17-8-4-3-5-9-17)21(29)26-19-15-24-23(27-22(19)30)12-6-7-13-23/h3-5,8-9,15-16,18,24H,6-7,10-14H2,1-2H3,(H,25,28)(H,26,29)(H,27,30)/t18-/m0/s1. The summed E-state index contributed by atoms with van der Waals surface area (Å²) in [5.41, 5.74) is 0.882. The van der Waals surface area contributed by atoms with Gasteiger partial charge in [-0.1, -0.05) is 44.2 Å². The third-order valence-electron chi connectivity index (χ3n) is 5.65. The summed E-state index contributed by atoms with van der Waals surface area (Å²) in [6.45, 7) is 3.99. The van der Waals surface area contributed by atoms with Gasteiger partial charge in [0.2, 0.25) is 11.8 Å². The Hall–Kier alpha value is -2.83. The van der Waals surface area contributed by atoms with Crippen LogP contribution in [0.5, 0.6) is 0 Å². The van der Waals surface area contributed by atoms with Gasteiger partial charge in [-0.05, 0) is 50.0 Å². The number of nitrogens with one attached hydrogen (secondary N) is 4. The van der Waals surface area contributed by atoms with Crippen molar-refractivity contribution in [3.8, 4) is 0 Å². The van der Waals surface area contributed by atoms with E-state index in [0.717, 1.165) is 31.2 Å². The molecule has 3 rings (SSSR count). The van der Waals surface area contributed by atoms with Crippen LogP contribution in [-0.2, 0) is 20.8 Å². The van der Waals surface area contributed by atoms with E-state index in [0.29, 0.717) is 19.3 Å². The monoisotopic (exact) mass is 412 g/mol. The van der Waals surface area contributed by atoms with E-state index in [9.17, 15) is 14.4 Å². The predicted molar refractivity (Wildman–Crippen MR) is 115 cm³/mol. The molecule has 30 heavy (non-hydrogen) atoms. The number of carbonyl (C=O) groups is 3. The number of amides is 3. The molecular formula is C23H32N4O3. The summed E-state index contributed by atoms with van der Waals surface area (Å²) in [5, 5.41) is 11.8. The lowest BCUT2D eigenvalue weighted by atomic mass is 10.0. The fourth-order valence-corrected chi connectivity index (χ4v) is 4.03. The fourth-order valence-electron chi connectivity index (χ4n) is 4.03. The molecule has 2 aliphatic rings. The second-order valence-electron chi connectivity index (χ2n) is 8.67. The van der Waals surface area contributed by atoms with E-state index >= 15 is 0 Å². The maximum Gasteiger partial charge on any atom is 0.271 e. The predicted octanol–water partition coefficient (Wildman–Crippen LogP) is 2.10. The lowest BCUT2D eigenvalue weighted by Crippen LogP contribution is -2.61. The van der Waals surface area contributed by atoms with Gasteiger partial charge < -0.3 is 21.3 Å². The van der Waals surface area contributed by atoms with Gasteiger partial charge in [0.25, 0.3) is 5.91 Å². The number of carbonyl (C=O) groups excluding carboxylic acids is 3. The van der Waals surface area contributed by atoms with Crippen LogP contribution in [0.15, 0.2) is 42.2 Å². The lowest BCUT2D eigenvalue weighted by molar-refractivity contribution is -0.130. The van der Waals surface area contributed by atoms with Crippen LogP contribution in [0.3, 0.4) is 0 Å². The molecule has 7 heteroatoms. The second kappa shape index (κ2) is 9.78. The second-order valence-corrected chi connectivity index (χ2v) is 8.67. The van der Waals surface area contributed by atoms with E-state index < -0.39 is 6.04 Å². The maximum absolute atomic E-state index is 12.8. The van der Waals surface area contributed by atoms with Crippen LogP contribution in [0.4, 0.5) is 0 Å². The molecule has 1 saturated carbocycles. The summed E-state index contributed by atoms with van der Waals surface area (Å²) in [5.74, 6) is -0.626. The Kier molecular flexibility index (Phi) is 7.13. The van der Waals surface area contributed by atoms with Gasteiger partial charge in [-0.3, -0.25) is 14.4 Å². The third kappa shape index (κ3) is 5.84. The molecule has 1 fully saturated rings.